The SMILES string of the molecule is CC(=O)c1cc(CN(C)Cc2nnc(C)o2)cs1. The molecule has 96 valence electrons. The molecule has 2 heterocycles. The Balaban J connectivity index is 1.94. The molecule has 6 heteroatoms. The van der Waals surface area contributed by atoms with Gasteiger partial charge in [0.2, 0.25) is 11.8 Å². The topological polar surface area (TPSA) is 59.2 Å². The molecule has 2 aromatic heterocycles. The monoisotopic (exact) mass is 265 g/mol. The Bertz CT molecular complexity index is 547. The highest BCUT2D eigenvalue weighted by molar-refractivity contribution is 7.12. The number of carbonyl (C=O) groups is 1. The Labute approximate surface area is 109 Å². The maximum atomic E-state index is 11.2. The van der Waals surface area contributed by atoms with E-state index < -0.39 is 0 Å². The fraction of sp³-hybridized carbons (Fsp3) is 0.417. The van der Waals surface area contributed by atoms with Crippen LogP contribution in [0, 0.1) is 6.92 Å². The first-order valence-corrected chi connectivity index (χ1v) is 6.48. The van der Waals surface area contributed by atoms with Gasteiger partial charge in [0.1, 0.15) is 0 Å². The van der Waals surface area contributed by atoms with Crippen LogP contribution in [0.3, 0.4) is 0 Å². The average Bonchev–Trinajstić information content (AvgIpc) is 2.88. The van der Waals surface area contributed by atoms with Gasteiger partial charge >= 0.3 is 0 Å². The van der Waals surface area contributed by atoms with Crippen LogP contribution in [-0.4, -0.2) is 27.9 Å². The number of aromatic nitrogens is 2. The zero-order valence-electron chi connectivity index (χ0n) is 10.6. The number of carbonyl (C=O) groups excluding carboxylic acids is 1. The summed E-state index contributed by atoms with van der Waals surface area (Å²) in [6.07, 6.45) is 0. The molecule has 5 nitrogen and oxygen atoms in total. The molecule has 0 bridgehead atoms. The van der Waals surface area contributed by atoms with Crippen molar-refractivity contribution >= 4 is 17.1 Å². The van der Waals surface area contributed by atoms with Crippen LogP contribution in [0.1, 0.15) is 33.9 Å². The fourth-order valence-corrected chi connectivity index (χ4v) is 2.45. The zero-order valence-corrected chi connectivity index (χ0v) is 11.5. The molecular formula is C12H15N3O2S. The van der Waals surface area contributed by atoms with Crippen molar-refractivity contribution in [3.05, 3.63) is 33.7 Å². The molecule has 0 unspecified atom stereocenters. The van der Waals surface area contributed by atoms with E-state index in [1.54, 1.807) is 13.8 Å². The van der Waals surface area contributed by atoms with E-state index in [0.717, 1.165) is 17.0 Å². The van der Waals surface area contributed by atoms with Crippen LogP contribution in [0.25, 0.3) is 0 Å². The number of rotatable bonds is 5. The standard InChI is InChI=1S/C12H15N3O2S/c1-8(16)11-4-10(7-18-11)5-15(3)6-12-14-13-9(2)17-12/h4,7H,5-6H2,1-3H3. The minimum absolute atomic E-state index is 0.112. The van der Waals surface area contributed by atoms with Crippen molar-refractivity contribution in [1.82, 2.24) is 15.1 Å². The highest BCUT2D eigenvalue weighted by Gasteiger charge is 2.09. The van der Waals surface area contributed by atoms with Gasteiger partial charge in [0, 0.05) is 13.5 Å². The lowest BCUT2D eigenvalue weighted by Gasteiger charge is -2.12. The molecule has 0 aromatic carbocycles. The highest BCUT2D eigenvalue weighted by Crippen LogP contribution is 2.17. The number of nitrogens with zero attached hydrogens (tertiary/aromatic N) is 3. The van der Waals surface area contributed by atoms with E-state index in [0.29, 0.717) is 18.3 Å². The van der Waals surface area contributed by atoms with Crippen molar-refractivity contribution < 1.29 is 9.21 Å². The van der Waals surface area contributed by atoms with Crippen LogP contribution in [0.2, 0.25) is 0 Å². The van der Waals surface area contributed by atoms with Gasteiger partial charge in [0.25, 0.3) is 0 Å². The molecule has 0 atom stereocenters. The Morgan fingerprint density at radius 3 is 2.78 bits per heavy atom. The molecule has 0 aliphatic heterocycles. The van der Waals surface area contributed by atoms with Gasteiger partial charge < -0.3 is 4.42 Å². The van der Waals surface area contributed by atoms with Crippen molar-refractivity contribution in [2.24, 2.45) is 0 Å². The van der Waals surface area contributed by atoms with Crippen molar-refractivity contribution in [3.8, 4) is 0 Å². The van der Waals surface area contributed by atoms with E-state index >= 15 is 0 Å². The van der Waals surface area contributed by atoms with Crippen molar-refractivity contribution in [1.29, 1.82) is 0 Å². The molecule has 0 amide bonds. The van der Waals surface area contributed by atoms with Crippen LogP contribution in [0.15, 0.2) is 15.9 Å². The normalized spacial score (nSPS) is 11.1. The second-order valence-corrected chi connectivity index (χ2v) is 5.17. The lowest BCUT2D eigenvalue weighted by molar-refractivity contribution is 0.102. The Morgan fingerprint density at radius 1 is 1.44 bits per heavy atom. The molecule has 2 rings (SSSR count). The first-order valence-electron chi connectivity index (χ1n) is 5.60. The molecule has 0 radical (unpaired) electrons. The third kappa shape index (κ3) is 3.24. The average molecular weight is 265 g/mol. The summed E-state index contributed by atoms with van der Waals surface area (Å²) in [5.41, 5.74) is 1.13. The maximum absolute atomic E-state index is 11.2. The third-order valence-corrected chi connectivity index (χ3v) is 3.51. The summed E-state index contributed by atoms with van der Waals surface area (Å²) >= 11 is 1.48. The molecule has 0 aliphatic carbocycles. The number of aryl methyl sites for hydroxylation is 1. The van der Waals surface area contributed by atoms with E-state index in [1.807, 2.05) is 18.5 Å². The summed E-state index contributed by atoms with van der Waals surface area (Å²) in [4.78, 5) is 14.1. The minimum atomic E-state index is 0.112. The van der Waals surface area contributed by atoms with Gasteiger partial charge in [-0.3, -0.25) is 9.69 Å². The Morgan fingerprint density at radius 2 is 2.22 bits per heavy atom. The minimum Gasteiger partial charge on any atom is -0.424 e. The summed E-state index contributed by atoms with van der Waals surface area (Å²) in [7, 11) is 1.98. The zero-order chi connectivity index (χ0) is 13.1. The van der Waals surface area contributed by atoms with Crippen LogP contribution in [0.5, 0.6) is 0 Å². The number of Topliss-reactive ketones (excluding diaryl/α,β-unsaturated/α-hetero) is 1. The molecule has 2 aromatic rings. The number of thiophene rings is 1. The van der Waals surface area contributed by atoms with Gasteiger partial charge in [-0.25, -0.2) is 0 Å². The smallest absolute Gasteiger partial charge is 0.230 e. The van der Waals surface area contributed by atoms with Crippen molar-refractivity contribution in [2.75, 3.05) is 7.05 Å². The fourth-order valence-electron chi connectivity index (χ4n) is 1.64. The third-order valence-electron chi connectivity index (χ3n) is 2.43. The predicted molar refractivity (Wildman–Crippen MR) is 68.5 cm³/mol. The molecule has 0 aliphatic rings. The Kier molecular flexibility index (Phi) is 3.88. The van der Waals surface area contributed by atoms with Gasteiger partial charge in [-0.05, 0) is 31.0 Å². The van der Waals surface area contributed by atoms with Gasteiger partial charge in [0.15, 0.2) is 5.78 Å². The largest absolute Gasteiger partial charge is 0.424 e. The number of ketones is 1. The van der Waals surface area contributed by atoms with Gasteiger partial charge in [-0.2, -0.15) is 0 Å². The maximum Gasteiger partial charge on any atom is 0.230 e. The van der Waals surface area contributed by atoms with E-state index in [4.69, 9.17) is 4.42 Å². The quantitative estimate of drug-likeness (QED) is 0.776. The summed E-state index contributed by atoms with van der Waals surface area (Å²) in [6.45, 7) is 4.71. The highest BCUT2D eigenvalue weighted by atomic mass is 32.1. The lowest BCUT2D eigenvalue weighted by atomic mass is 10.2. The second kappa shape index (κ2) is 5.41. The van der Waals surface area contributed by atoms with Crippen LogP contribution >= 0.6 is 11.3 Å². The second-order valence-electron chi connectivity index (χ2n) is 4.26. The summed E-state index contributed by atoms with van der Waals surface area (Å²) < 4.78 is 5.32. The van der Waals surface area contributed by atoms with E-state index in [2.05, 4.69) is 15.1 Å². The van der Waals surface area contributed by atoms with E-state index in [-0.39, 0.29) is 5.78 Å². The summed E-state index contributed by atoms with van der Waals surface area (Å²) in [5.74, 6) is 1.30. The molecular weight excluding hydrogens is 250 g/mol. The Hall–Kier alpha value is -1.53. The van der Waals surface area contributed by atoms with E-state index in [1.165, 1.54) is 11.3 Å². The summed E-state index contributed by atoms with van der Waals surface area (Å²) in [6, 6.07) is 1.93. The predicted octanol–water partition coefficient (Wildman–Crippen LogP) is 2.27. The van der Waals surface area contributed by atoms with Crippen LogP contribution in [-0.2, 0) is 13.1 Å². The molecule has 18 heavy (non-hydrogen) atoms. The first-order chi connectivity index (χ1) is 8.54. The molecule has 0 fully saturated rings. The van der Waals surface area contributed by atoms with Crippen molar-refractivity contribution in [3.63, 3.8) is 0 Å². The first kappa shape index (κ1) is 12.9. The number of hydrogen-bond acceptors (Lipinski definition) is 6. The molecule has 0 saturated carbocycles. The molecule has 0 spiro atoms. The lowest BCUT2D eigenvalue weighted by Crippen LogP contribution is -2.17. The van der Waals surface area contributed by atoms with Crippen LogP contribution in [0.4, 0.5) is 0 Å². The molecule has 0 N–H and O–H groups in total. The van der Waals surface area contributed by atoms with Crippen molar-refractivity contribution in [2.45, 2.75) is 26.9 Å². The van der Waals surface area contributed by atoms with Gasteiger partial charge in [0.05, 0.1) is 11.4 Å². The number of hydrogen-bond donors (Lipinski definition) is 0. The molecule has 0 saturated heterocycles. The van der Waals surface area contributed by atoms with E-state index in [9.17, 15) is 4.79 Å². The van der Waals surface area contributed by atoms with Gasteiger partial charge in [-0.1, -0.05) is 0 Å². The summed E-state index contributed by atoms with van der Waals surface area (Å²) in [5, 5.41) is 9.75. The van der Waals surface area contributed by atoms with Crippen LogP contribution < -0.4 is 0 Å². The van der Waals surface area contributed by atoms with Gasteiger partial charge in [-0.15, -0.1) is 21.5 Å².